The summed E-state index contributed by atoms with van der Waals surface area (Å²) < 4.78 is 9.37. The second kappa shape index (κ2) is 8.29. The summed E-state index contributed by atoms with van der Waals surface area (Å²) in [6.45, 7) is 9.69. The van der Waals surface area contributed by atoms with Crippen molar-refractivity contribution in [2.45, 2.75) is 47.5 Å². The molecule has 0 saturated heterocycles. The number of aryl methyl sites for hydroxylation is 3. The molecule has 1 amide bonds. The Morgan fingerprint density at radius 2 is 2.00 bits per heavy atom. The number of amides is 1. The van der Waals surface area contributed by atoms with Crippen LogP contribution >= 0.6 is 0 Å². The number of carbonyl (C=O) groups excluding carboxylic acids is 1. The predicted molar refractivity (Wildman–Crippen MR) is 107 cm³/mol. The number of benzene rings is 1. The fraction of sp³-hybridized carbons (Fsp3) is 0.381. The molecule has 0 radical (unpaired) electrons. The summed E-state index contributed by atoms with van der Waals surface area (Å²) in [5.74, 6) is 0.684. The van der Waals surface area contributed by atoms with Crippen molar-refractivity contribution in [2.75, 3.05) is 7.05 Å². The van der Waals surface area contributed by atoms with Crippen LogP contribution in [0.25, 0.3) is 0 Å². The molecular weight excluding hydrogens is 354 g/mol. The van der Waals surface area contributed by atoms with Gasteiger partial charge in [-0.05, 0) is 45.4 Å². The average molecular weight is 381 g/mol. The molecule has 3 aromatic rings. The molecule has 0 N–H and O–H groups in total. The molecule has 28 heavy (non-hydrogen) atoms. The molecule has 0 spiro atoms. The fourth-order valence-corrected chi connectivity index (χ4v) is 3.13. The van der Waals surface area contributed by atoms with Gasteiger partial charge in [-0.1, -0.05) is 17.7 Å². The minimum Gasteiger partial charge on any atom is -0.471 e. The first-order valence-corrected chi connectivity index (χ1v) is 9.39. The average Bonchev–Trinajstić information content (AvgIpc) is 3.27. The molecule has 3 rings (SSSR count). The summed E-state index contributed by atoms with van der Waals surface area (Å²) in [5.41, 5.74) is 4.78. The molecule has 0 saturated carbocycles. The van der Waals surface area contributed by atoms with Crippen LogP contribution in [-0.4, -0.2) is 37.4 Å². The molecule has 2 heterocycles. The third-order valence-corrected chi connectivity index (χ3v) is 4.80. The first-order valence-electron chi connectivity index (χ1n) is 9.39. The zero-order chi connectivity index (χ0) is 20.3. The van der Waals surface area contributed by atoms with Crippen LogP contribution in [0.2, 0.25) is 0 Å². The van der Waals surface area contributed by atoms with Gasteiger partial charge in [0.25, 0.3) is 5.91 Å². The molecule has 0 atom stereocenters. The van der Waals surface area contributed by atoms with E-state index in [1.807, 2.05) is 50.7 Å². The summed E-state index contributed by atoms with van der Waals surface area (Å²) in [4.78, 5) is 14.4. The van der Waals surface area contributed by atoms with Crippen LogP contribution in [0.5, 0.6) is 5.75 Å². The SMILES string of the molecule is CCn1ncc(CN(C)C(=O)c2ccn(COc3ccc(C)cc3C)n2)c1C. The third-order valence-electron chi connectivity index (χ3n) is 4.80. The Bertz CT molecular complexity index is 973. The number of hydrogen-bond acceptors (Lipinski definition) is 4. The summed E-state index contributed by atoms with van der Waals surface area (Å²) in [6.07, 6.45) is 3.57. The van der Waals surface area contributed by atoms with Crippen molar-refractivity contribution < 1.29 is 9.53 Å². The molecule has 0 aliphatic carbocycles. The van der Waals surface area contributed by atoms with Crippen LogP contribution in [0.3, 0.4) is 0 Å². The number of aromatic nitrogens is 4. The summed E-state index contributed by atoms with van der Waals surface area (Å²) in [5, 5.41) is 8.69. The highest BCUT2D eigenvalue weighted by atomic mass is 16.5. The van der Waals surface area contributed by atoms with E-state index in [4.69, 9.17) is 4.74 Å². The minimum atomic E-state index is -0.131. The van der Waals surface area contributed by atoms with Crippen LogP contribution in [-0.2, 0) is 19.8 Å². The van der Waals surface area contributed by atoms with E-state index in [1.54, 1.807) is 28.9 Å². The first kappa shape index (κ1) is 19.7. The Labute approximate surface area is 165 Å². The second-order valence-electron chi connectivity index (χ2n) is 7.02. The molecule has 1 aromatic carbocycles. The van der Waals surface area contributed by atoms with Gasteiger partial charge in [0.15, 0.2) is 12.4 Å². The Kier molecular flexibility index (Phi) is 5.82. The summed E-state index contributed by atoms with van der Waals surface area (Å²) >= 11 is 0. The molecular formula is C21H27N5O2. The van der Waals surface area contributed by atoms with Gasteiger partial charge in [0.2, 0.25) is 0 Å². The van der Waals surface area contributed by atoms with Gasteiger partial charge in [-0.2, -0.15) is 10.2 Å². The molecule has 148 valence electrons. The lowest BCUT2D eigenvalue weighted by molar-refractivity contribution is 0.0777. The lowest BCUT2D eigenvalue weighted by atomic mass is 10.1. The molecule has 0 aliphatic heterocycles. The zero-order valence-corrected chi connectivity index (χ0v) is 17.1. The van der Waals surface area contributed by atoms with Crippen LogP contribution < -0.4 is 4.74 Å². The molecule has 0 unspecified atom stereocenters. The zero-order valence-electron chi connectivity index (χ0n) is 17.1. The van der Waals surface area contributed by atoms with Crippen molar-refractivity contribution in [1.29, 1.82) is 0 Å². The van der Waals surface area contributed by atoms with Crippen molar-refractivity contribution in [1.82, 2.24) is 24.5 Å². The van der Waals surface area contributed by atoms with E-state index in [1.165, 1.54) is 5.56 Å². The highest BCUT2D eigenvalue weighted by Gasteiger charge is 2.17. The number of nitrogens with zero attached hydrogens (tertiary/aromatic N) is 5. The monoisotopic (exact) mass is 381 g/mol. The van der Waals surface area contributed by atoms with Gasteiger partial charge < -0.3 is 9.64 Å². The van der Waals surface area contributed by atoms with Gasteiger partial charge in [0.05, 0.1) is 6.20 Å². The van der Waals surface area contributed by atoms with E-state index < -0.39 is 0 Å². The molecule has 2 aromatic heterocycles. The van der Waals surface area contributed by atoms with Gasteiger partial charge in [-0.25, -0.2) is 4.68 Å². The van der Waals surface area contributed by atoms with E-state index in [2.05, 4.69) is 16.3 Å². The van der Waals surface area contributed by atoms with Gasteiger partial charge in [0, 0.05) is 37.6 Å². The maximum absolute atomic E-state index is 12.7. The Hall–Kier alpha value is -3.09. The standard InChI is InChI=1S/C21H27N5O2/c1-6-26-17(4)18(12-22-26)13-24(5)21(27)19-9-10-25(23-19)14-28-20-8-7-15(2)11-16(20)3/h7-12H,6,13-14H2,1-5H3. The van der Waals surface area contributed by atoms with Crippen molar-refractivity contribution in [2.24, 2.45) is 0 Å². The Balaban J connectivity index is 1.62. The van der Waals surface area contributed by atoms with Crippen LogP contribution in [0.4, 0.5) is 0 Å². The van der Waals surface area contributed by atoms with Crippen LogP contribution in [0.15, 0.2) is 36.7 Å². The van der Waals surface area contributed by atoms with Gasteiger partial charge in [-0.3, -0.25) is 9.48 Å². The number of hydrogen-bond donors (Lipinski definition) is 0. The van der Waals surface area contributed by atoms with Crippen molar-refractivity contribution in [3.8, 4) is 5.75 Å². The largest absolute Gasteiger partial charge is 0.471 e. The predicted octanol–water partition coefficient (Wildman–Crippen LogP) is 3.33. The molecule has 7 nitrogen and oxygen atoms in total. The van der Waals surface area contributed by atoms with E-state index in [9.17, 15) is 4.79 Å². The van der Waals surface area contributed by atoms with Gasteiger partial charge in [0.1, 0.15) is 5.75 Å². The van der Waals surface area contributed by atoms with Crippen LogP contribution in [0.1, 0.15) is 39.8 Å². The highest BCUT2D eigenvalue weighted by molar-refractivity contribution is 5.91. The maximum atomic E-state index is 12.7. The quantitative estimate of drug-likeness (QED) is 0.630. The Morgan fingerprint density at radius 1 is 1.21 bits per heavy atom. The van der Waals surface area contributed by atoms with Gasteiger partial charge in [-0.15, -0.1) is 0 Å². The first-order chi connectivity index (χ1) is 13.4. The summed E-state index contributed by atoms with van der Waals surface area (Å²) in [6, 6.07) is 7.75. The topological polar surface area (TPSA) is 65.2 Å². The third kappa shape index (κ3) is 4.24. The molecule has 0 bridgehead atoms. The van der Waals surface area contributed by atoms with E-state index in [-0.39, 0.29) is 12.6 Å². The van der Waals surface area contributed by atoms with Crippen molar-refractivity contribution >= 4 is 5.91 Å². The maximum Gasteiger partial charge on any atom is 0.274 e. The lowest BCUT2D eigenvalue weighted by Crippen LogP contribution is -2.27. The smallest absolute Gasteiger partial charge is 0.274 e. The van der Waals surface area contributed by atoms with Crippen molar-refractivity contribution in [3.05, 3.63) is 64.7 Å². The molecule has 7 heteroatoms. The van der Waals surface area contributed by atoms with Crippen LogP contribution in [0, 0.1) is 20.8 Å². The Morgan fingerprint density at radius 3 is 2.68 bits per heavy atom. The highest BCUT2D eigenvalue weighted by Crippen LogP contribution is 2.19. The summed E-state index contributed by atoms with van der Waals surface area (Å²) in [7, 11) is 1.77. The van der Waals surface area contributed by atoms with E-state index >= 15 is 0 Å². The molecule has 0 aliphatic rings. The number of ether oxygens (including phenoxy) is 1. The molecule has 0 fully saturated rings. The number of carbonyl (C=O) groups is 1. The van der Waals surface area contributed by atoms with Crippen molar-refractivity contribution in [3.63, 3.8) is 0 Å². The van der Waals surface area contributed by atoms with Gasteiger partial charge >= 0.3 is 0 Å². The second-order valence-corrected chi connectivity index (χ2v) is 7.02. The normalized spacial score (nSPS) is 10.9. The lowest BCUT2D eigenvalue weighted by Gasteiger charge is -2.15. The van der Waals surface area contributed by atoms with E-state index in [0.29, 0.717) is 12.2 Å². The van der Waals surface area contributed by atoms with E-state index in [0.717, 1.165) is 29.1 Å². The minimum absolute atomic E-state index is 0.131. The number of rotatable bonds is 7. The fourth-order valence-electron chi connectivity index (χ4n) is 3.13.